The molecule has 3 heteroatoms. The monoisotopic (exact) mass is 416 g/mol. The number of unbranched alkanes of at least 4 members (excludes halogenated alkanes) is 8. The zero-order valence-electron chi connectivity index (χ0n) is 20.3. The lowest BCUT2D eigenvalue weighted by atomic mass is 10.1. The second-order valence-corrected chi connectivity index (χ2v) is 4.89. The Morgan fingerprint density at radius 3 is 0.897 bits per heavy atom. The first kappa shape index (κ1) is 46.0. The Labute approximate surface area is 185 Å². The van der Waals surface area contributed by atoms with Crippen molar-refractivity contribution in [3.63, 3.8) is 0 Å². The second-order valence-electron chi connectivity index (χ2n) is 4.89. The van der Waals surface area contributed by atoms with Crippen LogP contribution in [-0.4, -0.2) is 36.6 Å². The molecule has 0 spiro atoms. The Balaban J connectivity index is -0.0000000574. The Bertz CT molecular complexity index is 161. The minimum atomic E-state index is -0.125. The molecule has 2 N–H and O–H groups in total. The molecule has 0 saturated heterocycles. The molecule has 3 nitrogen and oxygen atoms in total. The normalized spacial score (nSPS) is 7.31. The Morgan fingerprint density at radius 1 is 0.448 bits per heavy atom. The summed E-state index contributed by atoms with van der Waals surface area (Å²) in [6, 6.07) is 0. The number of hydrogen-bond acceptors (Lipinski definition) is 3. The van der Waals surface area contributed by atoms with Crippen LogP contribution in [0.3, 0.4) is 0 Å². The van der Waals surface area contributed by atoms with E-state index in [4.69, 9.17) is 14.9 Å². The Kier molecular flexibility index (Phi) is 150. The first-order valence-electron chi connectivity index (χ1n) is 10.6. The molecule has 0 heterocycles. The highest BCUT2D eigenvalue weighted by molar-refractivity contribution is 4.44. The number of ether oxygens (including phenoxy) is 1. The third kappa shape index (κ3) is 120. The highest BCUT2D eigenvalue weighted by Gasteiger charge is 1.91. The molecule has 0 aromatic heterocycles. The maximum Gasteiger partial charge on any atom is 0.0662 e. The van der Waals surface area contributed by atoms with Crippen LogP contribution in [0.5, 0.6) is 0 Å². The summed E-state index contributed by atoms with van der Waals surface area (Å²) in [6.07, 6.45) is 13.4. The fourth-order valence-electron chi connectivity index (χ4n) is 1.72. The van der Waals surface area contributed by atoms with Crippen LogP contribution in [0.15, 0.2) is 65.8 Å². The summed E-state index contributed by atoms with van der Waals surface area (Å²) in [6.45, 7) is 36.2. The molecule has 0 aromatic rings. The molecule has 178 valence electrons. The molecular formula is C26H56O3. The fourth-order valence-corrected chi connectivity index (χ4v) is 1.72. The predicted octanol–water partition coefficient (Wildman–Crippen LogP) is 7.93. The minimum absolute atomic E-state index is 0.125. The summed E-state index contributed by atoms with van der Waals surface area (Å²) < 4.78 is 5.59. The molecule has 0 atom stereocenters. The van der Waals surface area contributed by atoms with Crippen LogP contribution in [0.2, 0.25) is 0 Å². The van der Waals surface area contributed by atoms with Gasteiger partial charge < -0.3 is 14.9 Å². The lowest BCUT2D eigenvalue weighted by molar-refractivity contribution is 0.125. The zero-order chi connectivity index (χ0) is 24.6. The molecule has 0 amide bonds. The fraction of sp³-hybridized carbons (Fsp3) is 0.615. The van der Waals surface area contributed by atoms with E-state index < -0.39 is 0 Å². The smallest absolute Gasteiger partial charge is 0.0662 e. The topological polar surface area (TPSA) is 49.7 Å². The number of aliphatic hydroxyl groups excluding tert-OH is 2. The third-order valence-electron chi connectivity index (χ3n) is 2.88. The first-order chi connectivity index (χ1) is 14.3. The third-order valence-corrected chi connectivity index (χ3v) is 2.88. The Morgan fingerprint density at radius 2 is 0.690 bits per heavy atom. The molecule has 0 aromatic carbocycles. The van der Waals surface area contributed by atoms with Gasteiger partial charge in [0, 0.05) is 13.2 Å². The maximum atomic E-state index is 7.62. The molecule has 0 rings (SSSR count). The van der Waals surface area contributed by atoms with Crippen molar-refractivity contribution in [1.82, 2.24) is 0 Å². The van der Waals surface area contributed by atoms with E-state index in [1.54, 1.807) is 0 Å². The van der Waals surface area contributed by atoms with E-state index in [1.165, 1.54) is 64.2 Å². The highest BCUT2D eigenvalue weighted by atomic mass is 16.5. The van der Waals surface area contributed by atoms with Crippen molar-refractivity contribution in [1.29, 1.82) is 0 Å². The molecule has 0 saturated carbocycles. The van der Waals surface area contributed by atoms with Crippen molar-refractivity contribution in [2.24, 2.45) is 0 Å². The second kappa shape index (κ2) is 94.3. The molecule has 0 aliphatic carbocycles. The highest BCUT2D eigenvalue weighted by Crippen LogP contribution is 2.04. The summed E-state index contributed by atoms with van der Waals surface area (Å²) in [4.78, 5) is 0. The van der Waals surface area contributed by atoms with Crippen LogP contribution in [-0.2, 0) is 4.74 Å². The van der Waals surface area contributed by atoms with E-state index in [2.05, 4.69) is 79.6 Å². The average molecular weight is 417 g/mol. The van der Waals surface area contributed by atoms with Crippen molar-refractivity contribution in [2.45, 2.75) is 78.1 Å². The van der Waals surface area contributed by atoms with E-state index in [0.717, 1.165) is 13.2 Å². The van der Waals surface area contributed by atoms with Crippen molar-refractivity contribution >= 4 is 0 Å². The summed E-state index contributed by atoms with van der Waals surface area (Å²) in [5.41, 5.74) is 0. The van der Waals surface area contributed by atoms with Crippen LogP contribution >= 0.6 is 0 Å². The quantitative estimate of drug-likeness (QED) is 0.237. The van der Waals surface area contributed by atoms with Gasteiger partial charge in [-0.3, -0.25) is 0 Å². The predicted molar refractivity (Wildman–Crippen MR) is 139 cm³/mol. The van der Waals surface area contributed by atoms with Crippen LogP contribution < -0.4 is 0 Å². The molecule has 0 bridgehead atoms. The first-order valence-corrected chi connectivity index (χ1v) is 10.6. The molecule has 0 aliphatic rings. The van der Waals surface area contributed by atoms with E-state index in [-0.39, 0.29) is 13.2 Å². The van der Waals surface area contributed by atoms with Crippen LogP contribution in [0.4, 0.5) is 0 Å². The van der Waals surface area contributed by atoms with Crippen molar-refractivity contribution in [3.05, 3.63) is 65.8 Å². The van der Waals surface area contributed by atoms with Gasteiger partial charge in [-0.2, -0.15) is 0 Å². The van der Waals surface area contributed by atoms with Crippen LogP contribution in [0.25, 0.3) is 0 Å². The van der Waals surface area contributed by atoms with E-state index >= 15 is 0 Å². The largest absolute Gasteiger partial charge is 0.394 e. The van der Waals surface area contributed by atoms with E-state index in [1.807, 2.05) is 0 Å². The molecule has 0 unspecified atom stereocenters. The molecular weight excluding hydrogens is 360 g/mol. The van der Waals surface area contributed by atoms with Gasteiger partial charge in [0.15, 0.2) is 0 Å². The maximum absolute atomic E-state index is 7.62. The van der Waals surface area contributed by atoms with Gasteiger partial charge in [0.25, 0.3) is 0 Å². The van der Waals surface area contributed by atoms with Crippen molar-refractivity contribution in [2.75, 3.05) is 26.4 Å². The van der Waals surface area contributed by atoms with Gasteiger partial charge in [0.05, 0.1) is 13.2 Å². The van der Waals surface area contributed by atoms with Gasteiger partial charge in [-0.25, -0.2) is 0 Å². The number of rotatable bonds is 13. The summed E-state index contributed by atoms with van der Waals surface area (Å²) in [7, 11) is 0. The van der Waals surface area contributed by atoms with Gasteiger partial charge in [-0.05, 0) is 12.8 Å². The minimum Gasteiger partial charge on any atom is -0.394 e. The van der Waals surface area contributed by atoms with E-state index in [0.29, 0.717) is 0 Å². The number of aliphatic hydroxyl groups is 2. The summed E-state index contributed by atoms with van der Waals surface area (Å²) in [5.74, 6) is 0. The zero-order valence-corrected chi connectivity index (χ0v) is 20.3. The van der Waals surface area contributed by atoms with Gasteiger partial charge in [-0.15, -0.1) is 65.8 Å². The van der Waals surface area contributed by atoms with E-state index in [9.17, 15) is 0 Å². The summed E-state index contributed by atoms with van der Waals surface area (Å²) >= 11 is 0. The van der Waals surface area contributed by atoms with Crippen LogP contribution in [0.1, 0.15) is 78.1 Å². The molecule has 0 aliphatic heterocycles. The van der Waals surface area contributed by atoms with Crippen LogP contribution in [0, 0.1) is 0 Å². The summed E-state index contributed by atoms with van der Waals surface area (Å²) in [5, 5.41) is 15.2. The SMILES string of the molecule is C=C.C=C.C=C.C=C.C=C.CCCCCCCOCCCCCCC.OCCO. The average Bonchev–Trinajstić information content (AvgIpc) is 2.84. The van der Waals surface area contributed by atoms with Gasteiger partial charge >= 0.3 is 0 Å². The van der Waals surface area contributed by atoms with Gasteiger partial charge in [-0.1, -0.05) is 65.2 Å². The van der Waals surface area contributed by atoms with Crippen molar-refractivity contribution in [3.8, 4) is 0 Å². The number of hydrogen-bond donors (Lipinski definition) is 2. The lowest BCUT2D eigenvalue weighted by Crippen LogP contribution is -1.97. The molecule has 0 fully saturated rings. The Hall–Kier alpha value is -1.42. The van der Waals surface area contributed by atoms with Gasteiger partial charge in [0.2, 0.25) is 0 Å². The standard InChI is InChI=1S/C14H30O.C2H6O2.5C2H4/c1-3-5-7-9-11-13-15-14-12-10-8-6-4-2;3-1-2-4;5*1-2/h3-14H2,1-2H3;3-4H,1-2H2;5*1-2H2. The molecule has 0 radical (unpaired) electrons. The van der Waals surface area contributed by atoms with Crippen molar-refractivity contribution < 1.29 is 14.9 Å². The molecule has 29 heavy (non-hydrogen) atoms. The lowest BCUT2D eigenvalue weighted by Gasteiger charge is -2.03. The van der Waals surface area contributed by atoms with Gasteiger partial charge in [0.1, 0.15) is 0 Å².